The fraction of sp³-hybridized carbons (Fsp3) is 0.440. The number of nitrogens with zero attached hydrogens (tertiary/aromatic N) is 2. The number of carbonyl (C=O) groups excluding carboxylic acids is 2. The van der Waals surface area contributed by atoms with Gasteiger partial charge in [0.25, 0.3) is 0 Å². The minimum Gasteiger partial charge on any atom is -0.368 e. The summed E-state index contributed by atoms with van der Waals surface area (Å²) in [6.45, 7) is 11.7. The van der Waals surface area contributed by atoms with Crippen molar-refractivity contribution in [3.8, 4) is 0 Å². The van der Waals surface area contributed by atoms with Gasteiger partial charge in [0, 0.05) is 48.9 Å². The minimum atomic E-state index is -0.00987. The summed E-state index contributed by atoms with van der Waals surface area (Å²) < 4.78 is 0. The Kier molecular flexibility index (Phi) is 7.65. The minimum absolute atomic E-state index is 0.00987. The monoisotopic (exact) mass is 439 g/mol. The average molecular weight is 440 g/mol. The van der Waals surface area contributed by atoms with E-state index in [-0.39, 0.29) is 17.2 Å². The van der Waals surface area contributed by atoms with Gasteiger partial charge in [0.1, 0.15) is 0 Å². The van der Waals surface area contributed by atoms with E-state index in [2.05, 4.69) is 55.3 Å². The topological polar surface area (TPSA) is 52.7 Å². The molecule has 0 saturated carbocycles. The molecule has 6 heteroatoms. The maximum Gasteiger partial charge on any atom is 0.234 e. The molecule has 0 bridgehead atoms. The zero-order chi connectivity index (χ0) is 22.4. The molecule has 166 valence electrons. The Morgan fingerprint density at radius 1 is 0.935 bits per heavy atom. The van der Waals surface area contributed by atoms with E-state index < -0.39 is 0 Å². The molecule has 2 aromatic carbocycles. The summed E-state index contributed by atoms with van der Waals surface area (Å²) in [6, 6.07) is 16.4. The Morgan fingerprint density at radius 3 is 2.10 bits per heavy atom. The Morgan fingerprint density at radius 2 is 1.55 bits per heavy atom. The van der Waals surface area contributed by atoms with Crippen molar-refractivity contribution in [1.82, 2.24) is 4.90 Å². The normalized spacial score (nSPS) is 14.5. The standard InChI is InChI=1S/C25H33N3O2S/c1-5-24(30)28-16-14-27(15-17-28)21-10-8-20(9-11-21)26-23(29)18-31-22-12-6-19(7-13-22)25(2,3)4/h6-13H,5,14-18H2,1-4H3,(H,26,29). The number of hydrogen-bond acceptors (Lipinski definition) is 4. The highest BCUT2D eigenvalue weighted by Gasteiger charge is 2.20. The van der Waals surface area contributed by atoms with E-state index in [1.165, 1.54) is 5.56 Å². The predicted octanol–water partition coefficient (Wildman–Crippen LogP) is 4.77. The van der Waals surface area contributed by atoms with Crippen LogP contribution in [0.4, 0.5) is 11.4 Å². The molecule has 3 rings (SSSR count). The largest absolute Gasteiger partial charge is 0.368 e. The molecule has 0 aliphatic carbocycles. The van der Waals surface area contributed by atoms with Gasteiger partial charge in [0.15, 0.2) is 0 Å². The number of nitrogens with one attached hydrogen (secondary N) is 1. The Labute approximate surface area is 190 Å². The lowest BCUT2D eigenvalue weighted by Gasteiger charge is -2.36. The van der Waals surface area contributed by atoms with Crippen LogP contribution in [0.25, 0.3) is 0 Å². The quantitative estimate of drug-likeness (QED) is 0.659. The summed E-state index contributed by atoms with van der Waals surface area (Å²) in [7, 11) is 0. The van der Waals surface area contributed by atoms with Gasteiger partial charge in [0.05, 0.1) is 5.75 Å². The summed E-state index contributed by atoms with van der Waals surface area (Å²) in [5, 5.41) is 2.98. The van der Waals surface area contributed by atoms with Gasteiger partial charge in [-0.1, -0.05) is 39.8 Å². The highest BCUT2D eigenvalue weighted by Crippen LogP contribution is 2.26. The van der Waals surface area contributed by atoms with Crippen molar-refractivity contribution in [3.05, 3.63) is 54.1 Å². The zero-order valence-corrected chi connectivity index (χ0v) is 19.8. The highest BCUT2D eigenvalue weighted by molar-refractivity contribution is 8.00. The Balaban J connectivity index is 1.46. The third-order valence-electron chi connectivity index (χ3n) is 5.54. The van der Waals surface area contributed by atoms with Crippen molar-refractivity contribution in [1.29, 1.82) is 0 Å². The van der Waals surface area contributed by atoms with E-state index in [1.807, 2.05) is 36.1 Å². The molecule has 1 aliphatic heterocycles. The SMILES string of the molecule is CCC(=O)N1CCN(c2ccc(NC(=O)CSc3ccc(C(C)(C)C)cc3)cc2)CC1. The van der Waals surface area contributed by atoms with Crippen molar-refractivity contribution >= 4 is 35.0 Å². The van der Waals surface area contributed by atoms with Crippen LogP contribution in [-0.4, -0.2) is 48.6 Å². The highest BCUT2D eigenvalue weighted by atomic mass is 32.2. The second-order valence-corrected chi connectivity index (χ2v) is 9.93. The molecule has 5 nitrogen and oxygen atoms in total. The van der Waals surface area contributed by atoms with Crippen molar-refractivity contribution in [2.24, 2.45) is 0 Å². The maximum atomic E-state index is 12.3. The fourth-order valence-corrected chi connectivity index (χ4v) is 4.29. The molecule has 0 radical (unpaired) electrons. The van der Waals surface area contributed by atoms with Gasteiger partial charge in [-0.3, -0.25) is 9.59 Å². The van der Waals surface area contributed by atoms with Gasteiger partial charge in [0.2, 0.25) is 11.8 Å². The van der Waals surface area contributed by atoms with Crippen LogP contribution in [0.1, 0.15) is 39.7 Å². The molecule has 1 heterocycles. The summed E-state index contributed by atoms with van der Waals surface area (Å²) in [6.07, 6.45) is 0.564. The lowest BCUT2D eigenvalue weighted by atomic mass is 9.87. The lowest BCUT2D eigenvalue weighted by molar-refractivity contribution is -0.131. The zero-order valence-electron chi connectivity index (χ0n) is 19.0. The number of piperazine rings is 1. The molecule has 2 amide bonds. The third-order valence-corrected chi connectivity index (χ3v) is 6.55. The number of carbonyl (C=O) groups is 2. The van der Waals surface area contributed by atoms with Crippen molar-refractivity contribution in [2.45, 2.75) is 44.4 Å². The summed E-state index contributed by atoms with van der Waals surface area (Å²) in [5.41, 5.74) is 3.35. The van der Waals surface area contributed by atoms with Crippen LogP contribution in [0.2, 0.25) is 0 Å². The fourth-order valence-electron chi connectivity index (χ4n) is 3.59. The van der Waals surface area contributed by atoms with Gasteiger partial charge < -0.3 is 15.1 Å². The van der Waals surface area contributed by atoms with Gasteiger partial charge in [-0.2, -0.15) is 0 Å². The molecule has 2 aromatic rings. The molecule has 0 atom stereocenters. The molecule has 1 aliphatic rings. The Hall–Kier alpha value is -2.47. The van der Waals surface area contributed by atoms with Gasteiger partial charge in [-0.15, -0.1) is 11.8 Å². The maximum absolute atomic E-state index is 12.3. The van der Waals surface area contributed by atoms with Crippen LogP contribution in [0, 0.1) is 0 Å². The van der Waals surface area contributed by atoms with Crippen LogP contribution in [0.5, 0.6) is 0 Å². The molecule has 0 spiro atoms. The van der Waals surface area contributed by atoms with E-state index in [0.29, 0.717) is 12.2 Å². The van der Waals surface area contributed by atoms with Crippen LogP contribution >= 0.6 is 11.8 Å². The van der Waals surface area contributed by atoms with Crippen LogP contribution in [0.15, 0.2) is 53.4 Å². The van der Waals surface area contributed by atoms with Gasteiger partial charge in [-0.05, 0) is 47.4 Å². The molecule has 31 heavy (non-hydrogen) atoms. The molecular weight excluding hydrogens is 406 g/mol. The second kappa shape index (κ2) is 10.2. The lowest BCUT2D eigenvalue weighted by Crippen LogP contribution is -2.48. The van der Waals surface area contributed by atoms with E-state index in [9.17, 15) is 9.59 Å². The number of hydrogen-bond donors (Lipinski definition) is 1. The van der Waals surface area contributed by atoms with Gasteiger partial charge in [-0.25, -0.2) is 0 Å². The van der Waals surface area contributed by atoms with Crippen molar-refractivity contribution in [3.63, 3.8) is 0 Å². The number of rotatable bonds is 6. The van der Waals surface area contributed by atoms with E-state index in [0.717, 1.165) is 42.4 Å². The van der Waals surface area contributed by atoms with E-state index in [1.54, 1.807) is 11.8 Å². The first-order valence-corrected chi connectivity index (χ1v) is 11.9. The summed E-state index contributed by atoms with van der Waals surface area (Å²) in [5.74, 6) is 0.592. The van der Waals surface area contributed by atoms with Crippen molar-refractivity contribution < 1.29 is 9.59 Å². The smallest absolute Gasteiger partial charge is 0.234 e. The first-order valence-electron chi connectivity index (χ1n) is 10.9. The summed E-state index contributed by atoms with van der Waals surface area (Å²) in [4.78, 5) is 29.5. The molecule has 0 aromatic heterocycles. The molecule has 1 saturated heterocycles. The summed E-state index contributed by atoms with van der Waals surface area (Å²) >= 11 is 1.54. The number of anilines is 2. The first kappa shape index (κ1) is 23.2. The average Bonchev–Trinajstić information content (AvgIpc) is 2.77. The molecule has 1 N–H and O–H groups in total. The predicted molar refractivity (Wildman–Crippen MR) is 130 cm³/mol. The van der Waals surface area contributed by atoms with E-state index in [4.69, 9.17) is 0 Å². The number of amides is 2. The van der Waals surface area contributed by atoms with Crippen LogP contribution in [0.3, 0.4) is 0 Å². The molecule has 1 fully saturated rings. The number of benzene rings is 2. The third kappa shape index (κ3) is 6.50. The van der Waals surface area contributed by atoms with Crippen LogP contribution in [-0.2, 0) is 15.0 Å². The molecule has 0 unspecified atom stereocenters. The number of thioether (sulfide) groups is 1. The van der Waals surface area contributed by atoms with Gasteiger partial charge >= 0.3 is 0 Å². The van der Waals surface area contributed by atoms with E-state index >= 15 is 0 Å². The van der Waals surface area contributed by atoms with Crippen LogP contribution < -0.4 is 10.2 Å². The molecular formula is C25H33N3O2S. The second-order valence-electron chi connectivity index (χ2n) is 8.88. The Bertz CT molecular complexity index is 880. The first-order chi connectivity index (χ1) is 14.8. The van der Waals surface area contributed by atoms with Crippen molar-refractivity contribution in [2.75, 3.05) is 42.1 Å².